The molecule has 112 valence electrons. The van der Waals surface area contributed by atoms with E-state index in [1.54, 1.807) is 0 Å². The first-order valence-electron chi connectivity index (χ1n) is 8.12. The summed E-state index contributed by atoms with van der Waals surface area (Å²) in [6.07, 6.45) is 1.25. The fourth-order valence-electron chi connectivity index (χ4n) is 3.37. The molecular weight excluding hydrogens is 256 g/mol. The van der Waals surface area contributed by atoms with Crippen LogP contribution in [-0.4, -0.2) is 25.2 Å². The number of nitrogens with zero attached hydrogens (tertiary/aromatic N) is 1. The lowest BCUT2D eigenvalue weighted by Crippen LogP contribution is -2.55. The molecule has 1 N–H and O–H groups in total. The minimum atomic E-state index is 0.551. The van der Waals surface area contributed by atoms with Gasteiger partial charge in [-0.3, -0.25) is 0 Å². The number of rotatable bonds is 3. The minimum absolute atomic E-state index is 0.551. The number of hydrogen-bond acceptors (Lipinski definition) is 2. The van der Waals surface area contributed by atoms with Gasteiger partial charge in [-0.1, -0.05) is 44.2 Å². The highest BCUT2D eigenvalue weighted by Crippen LogP contribution is 2.26. The summed E-state index contributed by atoms with van der Waals surface area (Å²) in [4.78, 5) is 2.57. The summed E-state index contributed by atoms with van der Waals surface area (Å²) in [7, 11) is 0. The van der Waals surface area contributed by atoms with Gasteiger partial charge < -0.3 is 10.2 Å². The summed E-state index contributed by atoms with van der Waals surface area (Å²) in [5.41, 5.74) is 1.36. The molecule has 2 unspecified atom stereocenters. The normalized spacial score (nSPS) is 23.0. The van der Waals surface area contributed by atoms with Gasteiger partial charge in [0.2, 0.25) is 0 Å². The second-order valence-corrected chi connectivity index (χ2v) is 6.77. The van der Waals surface area contributed by atoms with Gasteiger partial charge in [0.05, 0.1) is 0 Å². The van der Waals surface area contributed by atoms with E-state index < -0.39 is 0 Å². The molecular formula is C19H26N2. The lowest BCUT2D eigenvalue weighted by atomic mass is 9.99. The number of hydrogen-bond donors (Lipinski definition) is 1. The summed E-state index contributed by atoms with van der Waals surface area (Å²) >= 11 is 0. The molecule has 2 aromatic rings. The molecule has 0 aliphatic carbocycles. The Bertz CT molecular complexity index is 605. The Kier molecular flexibility index (Phi) is 4.16. The van der Waals surface area contributed by atoms with Crippen LogP contribution in [0.25, 0.3) is 10.8 Å². The van der Waals surface area contributed by atoms with Crippen LogP contribution in [0.1, 0.15) is 27.2 Å². The second-order valence-electron chi connectivity index (χ2n) is 6.77. The Labute approximate surface area is 128 Å². The van der Waals surface area contributed by atoms with Gasteiger partial charge in [-0.2, -0.15) is 0 Å². The van der Waals surface area contributed by atoms with E-state index in [0.29, 0.717) is 12.1 Å². The van der Waals surface area contributed by atoms with E-state index in [9.17, 15) is 0 Å². The Morgan fingerprint density at radius 3 is 2.67 bits per heavy atom. The van der Waals surface area contributed by atoms with Crippen molar-refractivity contribution in [3.8, 4) is 0 Å². The minimum Gasteiger partial charge on any atom is -0.366 e. The van der Waals surface area contributed by atoms with Gasteiger partial charge in [0, 0.05) is 30.9 Å². The maximum atomic E-state index is 3.70. The molecule has 1 aliphatic heterocycles. The van der Waals surface area contributed by atoms with Crippen molar-refractivity contribution in [3.05, 3.63) is 42.5 Å². The fourth-order valence-corrected chi connectivity index (χ4v) is 3.37. The number of benzene rings is 2. The van der Waals surface area contributed by atoms with Crippen LogP contribution >= 0.6 is 0 Å². The van der Waals surface area contributed by atoms with E-state index in [1.807, 2.05) is 0 Å². The zero-order chi connectivity index (χ0) is 14.8. The smallest absolute Gasteiger partial charge is 0.0387 e. The van der Waals surface area contributed by atoms with Gasteiger partial charge in [-0.15, -0.1) is 0 Å². The highest BCUT2D eigenvalue weighted by Gasteiger charge is 2.25. The third-order valence-corrected chi connectivity index (χ3v) is 4.47. The molecule has 0 bridgehead atoms. The first-order valence-corrected chi connectivity index (χ1v) is 8.12. The predicted octanol–water partition coefficient (Wildman–Crippen LogP) is 4.05. The number of nitrogens with one attached hydrogen (secondary N) is 1. The molecule has 0 aromatic heterocycles. The van der Waals surface area contributed by atoms with Crippen molar-refractivity contribution >= 4 is 16.5 Å². The van der Waals surface area contributed by atoms with Crippen LogP contribution in [0.4, 0.5) is 5.69 Å². The van der Waals surface area contributed by atoms with E-state index in [1.165, 1.54) is 22.9 Å². The van der Waals surface area contributed by atoms with Crippen molar-refractivity contribution in [1.29, 1.82) is 0 Å². The summed E-state index contributed by atoms with van der Waals surface area (Å²) in [6, 6.07) is 16.6. The van der Waals surface area contributed by atoms with Crippen LogP contribution in [0.15, 0.2) is 42.5 Å². The largest absolute Gasteiger partial charge is 0.366 e. The number of piperazine rings is 1. The van der Waals surface area contributed by atoms with Gasteiger partial charge in [0.15, 0.2) is 0 Å². The van der Waals surface area contributed by atoms with E-state index >= 15 is 0 Å². The monoisotopic (exact) mass is 282 g/mol. The molecule has 3 rings (SSSR count). The molecule has 2 nitrogen and oxygen atoms in total. The van der Waals surface area contributed by atoms with Crippen molar-refractivity contribution < 1.29 is 0 Å². The highest BCUT2D eigenvalue weighted by atomic mass is 15.2. The number of anilines is 1. The van der Waals surface area contributed by atoms with Crippen LogP contribution in [0, 0.1) is 5.92 Å². The number of fused-ring (bicyclic) bond motifs is 1. The summed E-state index contributed by atoms with van der Waals surface area (Å²) in [6.45, 7) is 9.11. The molecule has 2 atom stereocenters. The van der Waals surface area contributed by atoms with Gasteiger partial charge >= 0.3 is 0 Å². The molecule has 0 spiro atoms. The average Bonchev–Trinajstić information content (AvgIpc) is 2.48. The molecule has 1 saturated heterocycles. The molecule has 2 aromatic carbocycles. The van der Waals surface area contributed by atoms with Crippen molar-refractivity contribution in [2.45, 2.75) is 39.3 Å². The Morgan fingerprint density at radius 1 is 1.14 bits per heavy atom. The Balaban J connectivity index is 1.84. The zero-order valence-corrected chi connectivity index (χ0v) is 13.3. The molecule has 2 heteroatoms. The lowest BCUT2D eigenvalue weighted by Gasteiger charge is -2.41. The summed E-state index contributed by atoms with van der Waals surface area (Å²) in [5.74, 6) is 0.745. The quantitative estimate of drug-likeness (QED) is 0.913. The van der Waals surface area contributed by atoms with Gasteiger partial charge in [0.25, 0.3) is 0 Å². The zero-order valence-electron chi connectivity index (χ0n) is 13.3. The molecule has 1 fully saturated rings. The van der Waals surface area contributed by atoms with Gasteiger partial charge in [-0.05, 0) is 42.2 Å². The third-order valence-electron chi connectivity index (χ3n) is 4.47. The topological polar surface area (TPSA) is 15.3 Å². The molecule has 0 radical (unpaired) electrons. The maximum Gasteiger partial charge on any atom is 0.0387 e. The molecule has 0 amide bonds. The lowest BCUT2D eigenvalue weighted by molar-refractivity contribution is 0.356. The van der Waals surface area contributed by atoms with E-state index in [2.05, 4.69) is 73.5 Å². The highest BCUT2D eigenvalue weighted by molar-refractivity contribution is 5.85. The van der Waals surface area contributed by atoms with E-state index in [-0.39, 0.29) is 0 Å². The third kappa shape index (κ3) is 3.21. The SMILES string of the molecule is CC(C)CC1CN(c2ccc3ccccc3c2)C(C)CN1. The summed E-state index contributed by atoms with van der Waals surface area (Å²) in [5, 5.41) is 6.35. The summed E-state index contributed by atoms with van der Waals surface area (Å²) < 4.78 is 0. The van der Waals surface area contributed by atoms with Crippen LogP contribution in [0.3, 0.4) is 0 Å². The van der Waals surface area contributed by atoms with Crippen LogP contribution in [-0.2, 0) is 0 Å². The first kappa shape index (κ1) is 14.4. The van der Waals surface area contributed by atoms with E-state index in [0.717, 1.165) is 19.0 Å². The molecule has 0 saturated carbocycles. The average molecular weight is 282 g/mol. The van der Waals surface area contributed by atoms with Crippen LogP contribution in [0.5, 0.6) is 0 Å². The van der Waals surface area contributed by atoms with E-state index in [4.69, 9.17) is 0 Å². The van der Waals surface area contributed by atoms with Crippen molar-refractivity contribution in [1.82, 2.24) is 5.32 Å². The maximum absolute atomic E-state index is 3.70. The predicted molar refractivity (Wildman–Crippen MR) is 92.0 cm³/mol. The second kappa shape index (κ2) is 6.07. The van der Waals surface area contributed by atoms with Crippen molar-refractivity contribution in [2.24, 2.45) is 5.92 Å². The van der Waals surface area contributed by atoms with Gasteiger partial charge in [-0.25, -0.2) is 0 Å². The van der Waals surface area contributed by atoms with Crippen LogP contribution in [0.2, 0.25) is 0 Å². The molecule has 21 heavy (non-hydrogen) atoms. The first-order chi connectivity index (χ1) is 10.1. The van der Waals surface area contributed by atoms with Crippen LogP contribution < -0.4 is 10.2 Å². The Hall–Kier alpha value is -1.54. The molecule has 1 heterocycles. The standard InChI is InChI=1S/C19H26N2/c1-14(2)10-18-13-21(15(3)12-20-18)19-9-8-16-6-4-5-7-17(16)11-19/h4-9,11,14-15,18,20H,10,12-13H2,1-3H3. The van der Waals surface area contributed by atoms with Crippen molar-refractivity contribution in [3.63, 3.8) is 0 Å². The van der Waals surface area contributed by atoms with Gasteiger partial charge in [0.1, 0.15) is 0 Å². The molecule has 1 aliphatic rings. The Morgan fingerprint density at radius 2 is 1.90 bits per heavy atom. The van der Waals surface area contributed by atoms with Crippen molar-refractivity contribution in [2.75, 3.05) is 18.0 Å². The fraction of sp³-hybridized carbons (Fsp3) is 0.474.